The normalized spacial score (nSPS) is 9.67. The second kappa shape index (κ2) is 5.76. The average Bonchev–Trinajstić information content (AvgIpc) is 2.31. The van der Waals surface area contributed by atoms with Crippen LogP contribution in [0.4, 0.5) is 11.4 Å². The standard InChI is InChI=1S/C11H13N3O4/c1-3-12-10(15)11(16)13-8-5-4-7(2)6-9(8)14(17)18/h4-6H,3H2,1-2H3,(H,12,15)(H,13,16). The number of carbonyl (C=O) groups is 2. The molecule has 0 radical (unpaired) electrons. The van der Waals surface area contributed by atoms with Gasteiger partial charge in [-0.25, -0.2) is 0 Å². The van der Waals surface area contributed by atoms with Crippen molar-refractivity contribution in [1.82, 2.24) is 5.32 Å². The van der Waals surface area contributed by atoms with Crippen LogP contribution in [0, 0.1) is 17.0 Å². The molecule has 1 rings (SSSR count). The molecular weight excluding hydrogens is 238 g/mol. The van der Waals surface area contributed by atoms with Gasteiger partial charge in [-0.05, 0) is 25.5 Å². The van der Waals surface area contributed by atoms with Gasteiger partial charge in [-0.15, -0.1) is 0 Å². The number of carbonyl (C=O) groups excluding carboxylic acids is 2. The first-order chi connectivity index (χ1) is 8.45. The highest BCUT2D eigenvalue weighted by Crippen LogP contribution is 2.25. The van der Waals surface area contributed by atoms with E-state index >= 15 is 0 Å². The number of anilines is 1. The molecule has 1 aromatic carbocycles. The first kappa shape index (κ1) is 13.6. The third-order valence-electron chi connectivity index (χ3n) is 2.14. The lowest BCUT2D eigenvalue weighted by Gasteiger charge is -2.06. The molecule has 96 valence electrons. The van der Waals surface area contributed by atoms with E-state index in [0.29, 0.717) is 12.1 Å². The maximum Gasteiger partial charge on any atom is 0.313 e. The van der Waals surface area contributed by atoms with E-state index in [1.807, 2.05) is 0 Å². The molecule has 0 atom stereocenters. The van der Waals surface area contributed by atoms with Crippen LogP contribution in [-0.2, 0) is 9.59 Å². The van der Waals surface area contributed by atoms with Gasteiger partial charge in [-0.1, -0.05) is 6.07 Å². The molecule has 0 bridgehead atoms. The van der Waals surface area contributed by atoms with Gasteiger partial charge in [0.15, 0.2) is 0 Å². The van der Waals surface area contributed by atoms with E-state index in [4.69, 9.17) is 0 Å². The summed E-state index contributed by atoms with van der Waals surface area (Å²) in [5.74, 6) is -1.75. The fraction of sp³-hybridized carbons (Fsp3) is 0.273. The van der Waals surface area contributed by atoms with E-state index in [1.54, 1.807) is 19.9 Å². The molecule has 0 aliphatic carbocycles. The van der Waals surface area contributed by atoms with Crippen LogP contribution < -0.4 is 10.6 Å². The molecule has 2 amide bonds. The van der Waals surface area contributed by atoms with E-state index in [0.717, 1.165) is 0 Å². The number of hydrogen-bond acceptors (Lipinski definition) is 4. The number of hydrogen-bond donors (Lipinski definition) is 2. The van der Waals surface area contributed by atoms with Crippen molar-refractivity contribution < 1.29 is 14.5 Å². The van der Waals surface area contributed by atoms with E-state index in [1.165, 1.54) is 12.1 Å². The van der Waals surface area contributed by atoms with Gasteiger partial charge in [0, 0.05) is 12.6 Å². The minimum absolute atomic E-state index is 0.00172. The molecule has 0 aromatic heterocycles. The predicted octanol–water partition coefficient (Wildman–Crippen LogP) is 0.978. The van der Waals surface area contributed by atoms with Gasteiger partial charge < -0.3 is 10.6 Å². The molecule has 0 spiro atoms. The van der Waals surface area contributed by atoms with Crippen LogP contribution in [0.1, 0.15) is 12.5 Å². The van der Waals surface area contributed by atoms with Crippen molar-refractivity contribution >= 4 is 23.2 Å². The quantitative estimate of drug-likeness (QED) is 0.475. The number of nitrogens with zero attached hydrogens (tertiary/aromatic N) is 1. The summed E-state index contributed by atoms with van der Waals surface area (Å²) in [5.41, 5.74) is 0.451. The first-order valence-electron chi connectivity index (χ1n) is 5.30. The highest BCUT2D eigenvalue weighted by Gasteiger charge is 2.19. The van der Waals surface area contributed by atoms with E-state index in [2.05, 4.69) is 10.6 Å². The molecule has 7 heteroatoms. The van der Waals surface area contributed by atoms with Crippen molar-refractivity contribution in [3.8, 4) is 0 Å². The number of nitro groups is 1. The second-order valence-electron chi connectivity index (χ2n) is 3.59. The van der Waals surface area contributed by atoms with Crippen molar-refractivity contribution in [3.63, 3.8) is 0 Å². The Morgan fingerprint density at radius 2 is 2.00 bits per heavy atom. The number of likely N-dealkylation sites (N-methyl/N-ethyl adjacent to an activating group) is 1. The lowest BCUT2D eigenvalue weighted by Crippen LogP contribution is -2.35. The number of rotatable bonds is 3. The average molecular weight is 251 g/mol. The Labute approximate surface area is 103 Å². The van der Waals surface area contributed by atoms with E-state index in [9.17, 15) is 19.7 Å². The highest BCUT2D eigenvalue weighted by atomic mass is 16.6. The van der Waals surface area contributed by atoms with Crippen LogP contribution in [0.2, 0.25) is 0 Å². The SMILES string of the molecule is CCNC(=O)C(=O)Nc1ccc(C)cc1[N+](=O)[O-]. The molecule has 1 aromatic rings. The van der Waals surface area contributed by atoms with Crippen molar-refractivity contribution in [3.05, 3.63) is 33.9 Å². The van der Waals surface area contributed by atoms with Gasteiger partial charge in [0.05, 0.1) is 4.92 Å². The summed E-state index contributed by atoms with van der Waals surface area (Å²) < 4.78 is 0. The number of nitrogens with one attached hydrogen (secondary N) is 2. The summed E-state index contributed by atoms with van der Waals surface area (Å²) in [6.07, 6.45) is 0. The van der Waals surface area contributed by atoms with Gasteiger partial charge in [0.1, 0.15) is 5.69 Å². The van der Waals surface area contributed by atoms with Crippen molar-refractivity contribution in [1.29, 1.82) is 0 Å². The van der Waals surface area contributed by atoms with E-state index < -0.39 is 16.7 Å². The molecule has 2 N–H and O–H groups in total. The molecule has 0 saturated heterocycles. The molecular formula is C11H13N3O4. The van der Waals surface area contributed by atoms with Gasteiger partial charge >= 0.3 is 11.8 Å². The first-order valence-corrected chi connectivity index (χ1v) is 5.30. The summed E-state index contributed by atoms with van der Waals surface area (Å²) in [6.45, 7) is 3.67. The fourth-order valence-corrected chi connectivity index (χ4v) is 1.32. The Balaban J connectivity index is 2.94. The second-order valence-corrected chi connectivity index (χ2v) is 3.59. The van der Waals surface area contributed by atoms with Crippen molar-refractivity contribution in [2.24, 2.45) is 0 Å². The number of benzene rings is 1. The highest BCUT2D eigenvalue weighted by molar-refractivity contribution is 6.39. The molecule has 0 aliphatic rings. The van der Waals surface area contributed by atoms with Crippen LogP contribution in [0.15, 0.2) is 18.2 Å². The Kier molecular flexibility index (Phi) is 4.36. The summed E-state index contributed by atoms with van der Waals surface area (Å²) >= 11 is 0. The van der Waals surface area contributed by atoms with Crippen LogP contribution >= 0.6 is 0 Å². The third kappa shape index (κ3) is 3.27. The number of aryl methyl sites for hydroxylation is 1. The van der Waals surface area contributed by atoms with E-state index in [-0.39, 0.29) is 11.4 Å². The van der Waals surface area contributed by atoms with Crippen LogP contribution in [-0.4, -0.2) is 23.3 Å². The number of amides is 2. The zero-order chi connectivity index (χ0) is 13.7. The fourth-order valence-electron chi connectivity index (χ4n) is 1.32. The summed E-state index contributed by atoms with van der Waals surface area (Å²) in [4.78, 5) is 32.8. The van der Waals surface area contributed by atoms with Gasteiger partial charge in [0.2, 0.25) is 0 Å². The predicted molar refractivity (Wildman–Crippen MR) is 65.1 cm³/mol. The largest absolute Gasteiger partial charge is 0.348 e. The molecule has 0 heterocycles. The van der Waals surface area contributed by atoms with Crippen LogP contribution in [0.3, 0.4) is 0 Å². The Morgan fingerprint density at radius 1 is 1.33 bits per heavy atom. The molecule has 0 unspecified atom stereocenters. The Morgan fingerprint density at radius 3 is 2.56 bits per heavy atom. The maximum atomic E-state index is 11.4. The third-order valence-corrected chi connectivity index (χ3v) is 2.14. The van der Waals surface area contributed by atoms with Crippen LogP contribution in [0.25, 0.3) is 0 Å². The minimum atomic E-state index is -0.927. The van der Waals surface area contributed by atoms with Crippen molar-refractivity contribution in [2.75, 3.05) is 11.9 Å². The van der Waals surface area contributed by atoms with Crippen molar-refractivity contribution in [2.45, 2.75) is 13.8 Å². The van der Waals surface area contributed by atoms with Gasteiger partial charge in [-0.2, -0.15) is 0 Å². The minimum Gasteiger partial charge on any atom is -0.348 e. The smallest absolute Gasteiger partial charge is 0.313 e. The summed E-state index contributed by atoms with van der Waals surface area (Å²) in [7, 11) is 0. The topological polar surface area (TPSA) is 101 Å². The maximum absolute atomic E-state index is 11.4. The van der Waals surface area contributed by atoms with Gasteiger partial charge in [-0.3, -0.25) is 19.7 Å². The number of nitro benzene ring substituents is 1. The molecule has 0 fully saturated rings. The zero-order valence-electron chi connectivity index (χ0n) is 10.0. The molecule has 0 saturated carbocycles. The lowest BCUT2D eigenvalue weighted by molar-refractivity contribution is -0.384. The zero-order valence-corrected chi connectivity index (χ0v) is 10.0. The van der Waals surface area contributed by atoms with Gasteiger partial charge in [0.25, 0.3) is 5.69 Å². The molecule has 18 heavy (non-hydrogen) atoms. The Hall–Kier alpha value is -2.44. The van der Waals surface area contributed by atoms with Crippen LogP contribution in [0.5, 0.6) is 0 Å². The lowest BCUT2D eigenvalue weighted by atomic mass is 10.2. The monoisotopic (exact) mass is 251 g/mol. The Bertz CT molecular complexity index is 499. The molecule has 7 nitrogen and oxygen atoms in total. The molecule has 0 aliphatic heterocycles. The summed E-state index contributed by atoms with van der Waals surface area (Å²) in [5, 5.41) is 15.3. The summed E-state index contributed by atoms with van der Waals surface area (Å²) in [6, 6.07) is 4.33.